The predicted molar refractivity (Wildman–Crippen MR) is 85.8 cm³/mol. The lowest BCUT2D eigenvalue weighted by molar-refractivity contribution is -0.114. The number of carbonyl (C=O) groups is 1. The van der Waals surface area contributed by atoms with Crippen molar-refractivity contribution < 1.29 is 17.9 Å². The first-order valence-corrected chi connectivity index (χ1v) is 9.03. The van der Waals surface area contributed by atoms with Crippen molar-refractivity contribution in [3.63, 3.8) is 0 Å². The van der Waals surface area contributed by atoms with E-state index in [2.05, 4.69) is 20.2 Å². The lowest BCUT2D eigenvalue weighted by Crippen LogP contribution is -2.23. The number of carbonyl (C=O) groups excluding carboxylic acids is 1. The number of sulfonamides is 1. The van der Waals surface area contributed by atoms with E-state index in [-0.39, 0.29) is 21.9 Å². The van der Waals surface area contributed by atoms with Crippen LogP contribution in [0.15, 0.2) is 28.6 Å². The molecule has 1 aromatic heterocycles. The largest absolute Gasteiger partial charge is 0.494 e. The van der Waals surface area contributed by atoms with Crippen molar-refractivity contribution in [2.45, 2.75) is 24.7 Å². The third kappa shape index (κ3) is 4.98. The number of anilines is 1. The fourth-order valence-electron chi connectivity index (χ4n) is 1.63. The number of benzene rings is 1. The summed E-state index contributed by atoms with van der Waals surface area (Å²) in [6.07, 6.45) is 0. The van der Waals surface area contributed by atoms with E-state index < -0.39 is 10.0 Å². The summed E-state index contributed by atoms with van der Waals surface area (Å²) in [5.41, 5.74) is 0.781. The zero-order valence-corrected chi connectivity index (χ0v) is 14.2. The molecule has 0 aliphatic rings. The molecule has 0 unspecified atom stereocenters. The van der Waals surface area contributed by atoms with Gasteiger partial charge in [-0.1, -0.05) is 23.5 Å². The minimum atomic E-state index is -3.78. The van der Waals surface area contributed by atoms with Gasteiger partial charge in [-0.3, -0.25) is 4.79 Å². The fourth-order valence-corrected chi connectivity index (χ4v) is 3.63. The summed E-state index contributed by atoms with van der Waals surface area (Å²) in [6.45, 7) is 3.88. The van der Waals surface area contributed by atoms with Crippen molar-refractivity contribution in [3.05, 3.63) is 29.8 Å². The molecule has 8 nitrogen and oxygen atoms in total. The van der Waals surface area contributed by atoms with Crippen molar-refractivity contribution in [2.24, 2.45) is 0 Å². The van der Waals surface area contributed by atoms with E-state index in [0.29, 0.717) is 6.61 Å². The van der Waals surface area contributed by atoms with Gasteiger partial charge in [0.2, 0.25) is 15.4 Å². The third-order valence-electron chi connectivity index (χ3n) is 2.62. The molecule has 23 heavy (non-hydrogen) atoms. The summed E-state index contributed by atoms with van der Waals surface area (Å²) in [4.78, 5) is 10.9. The molecule has 2 N–H and O–H groups in total. The highest BCUT2D eigenvalue weighted by molar-refractivity contribution is 7.91. The molecule has 0 atom stereocenters. The number of hydrogen-bond acceptors (Lipinski definition) is 7. The molecule has 0 aliphatic heterocycles. The molecule has 0 saturated heterocycles. The van der Waals surface area contributed by atoms with E-state index in [4.69, 9.17) is 4.74 Å². The summed E-state index contributed by atoms with van der Waals surface area (Å²) in [7, 11) is -3.78. The lowest BCUT2D eigenvalue weighted by atomic mass is 10.2. The highest BCUT2D eigenvalue weighted by Crippen LogP contribution is 2.20. The van der Waals surface area contributed by atoms with Crippen LogP contribution in [0, 0.1) is 0 Å². The normalized spacial score (nSPS) is 11.2. The van der Waals surface area contributed by atoms with Crippen LogP contribution in [0.2, 0.25) is 0 Å². The predicted octanol–water partition coefficient (Wildman–Crippen LogP) is 1.37. The van der Waals surface area contributed by atoms with Gasteiger partial charge >= 0.3 is 0 Å². The Morgan fingerprint density at radius 3 is 2.57 bits per heavy atom. The van der Waals surface area contributed by atoms with E-state index in [9.17, 15) is 13.2 Å². The molecule has 0 aliphatic carbocycles. The minimum absolute atomic E-state index is 0.115. The van der Waals surface area contributed by atoms with Crippen molar-refractivity contribution in [2.75, 3.05) is 11.9 Å². The van der Waals surface area contributed by atoms with Gasteiger partial charge in [-0.05, 0) is 24.6 Å². The van der Waals surface area contributed by atoms with Gasteiger partial charge in [-0.25, -0.2) is 13.1 Å². The minimum Gasteiger partial charge on any atom is -0.494 e. The maximum Gasteiger partial charge on any atom is 0.270 e. The summed E-state index contributed by atoms with van der Waals surface area (Å²) in [6, 6.07) is 7.09. The van der Waals surface area contributed by atoms with Crippen LogP contribution in [-0.2, 0) is 21.4 Å². The van der Waals surface area contributed by atoms with Gasteiger partial charge in [-0.2, -0.15) is 0 Å². The van der Waals surface area contributed by atoms with Gasteiger partial charge in [0, 0.05) is 13.5 Å². The molecular weight excluding hydrogens is 340 g/mol. The van der Waals surface area contributed by atoms with Crippen LogP contribution in [0.3, 0.4) is 0 Å². The lowest BCUT2D eigenvalue weighted by Gasteiger charge is -2.06. The Hall–Kier alpha value is -2.04. The van der Waals surface area contributed by atoms with Gasteiger partial charge in [-0.15, -0.1) is 10.2 Å². The summed E-state index contributed by atoms with van der Waals surface area (Å²) in [5, 5.41) is 9.71. The van der Waals surface area contributed by atoms with Crippen molar-refractivity contribution in [1.82, 2.24) is 14.9 Å². The average molecular weight is 356 g/mol. The first kappa shape index (κ1) is 17.3. The number of nitrogens with zero attached hydrogens (tertiary/aromatic N) is 2. The van der Waals surface area contributed by atoms with Crippen LogP contribution < -0.4 is 14.8 Å². The molecule has 0 bridgehead atoms. The number of hydrogen-bond donors (Lipinski definition) is 2. The van der Waals surface area contributed by atoms with Crippen molar-refractivity contribution >= 4 is 32.4 Å². The fraction of sp³-hybridized carbons (Fsp3) is 0.308. The molecule has 0 radical (unpaired) electrons. The smallest absolute Gasteiger partial charge is 0.270 e. The highest BCUT2D eigenvalue weighted by atomic mass is 32.2. The Morgan fingerprint density at radius 1 is 1.26 bits per heavy atom. The number of nitrogens with one attached hydrogen (secondary N) is 2. The quantitative estimate of drug-likeness (QED) is 0.725. The number of rotatable bonds is 7. The van der Waals surface area contributed by atoms with Crippen LogP contribution >= 0.6 is 11.3 Å². The second kappa shape index (κ2) is 7.49. The number of aromatic nitrogens is 2. The second-order valence-corrected chi connectivity index (χ2v) is 7.37. The maximum absolute atomic E-state index is 12.1. The number of ether oxygens (including phenoxy) is 1. The van der Waals surface area contributed by atoms with Gasteiger partial charge < -0.3 is 10.1 Å². The molecule has 1 aromatic carbocycles. The van der Waals surface area contributed by atoms with Crippen LogP contribution in [-0.4, -0.2) is 31.1 Å². The van der Waals surface area contributed by atoms with Gasteiger partial charge in [0.1, 0.15) is 5.75 Å². The highest BCUT2D eigenvalue weighted by Gasteiger charge is 2.20. The van der Waals surface area contributed by atoms with E-state index in [1.165, 1.54) is 6.92 Å². The monoisotopic (exact) mass is 356 g/mol. The number of amides is 1. The standard InChI is InChI=1S/C13H16N4O4S2/c1-3-21-11-6-4-10(5-7-11)8-14-23(19,20)13-17-16-12(22-13)15-9(2)18/h4-7,14H,3,8H2,1-2H3,(H,15,16,18). The SMILES string of the molecule is CCOc1ccc(CNS(=O)(=O)c2nnc(NC(C)=O)s2)cc1. The van der Waals surface area contributed by atoms with Crippen LogP contribution in [0.1, 0.15) is 19.4 Å². The third-order valence-corrected chi connectivity index (χ3v) is 5.23. The molecule has 124 valence electrons. The first-order valence-electron chi connectivity index (χ1n) is 6.73. The average Bonchev–Trinajstić information content (AvgIpc) is 2.95. The topological polar surface area (TPSA) is 110 Å². The van der Waals surface area contributed by atoms with Gasteiger partial charge in [0.15, 0.2) is 0 Å². The zero-order chi connectivity index (χ0) is 16.9. The first-order chi connectivity index (χ1) is 10.9. The Bertz CT molecular complexity index is 772. The molecule has 0 spiro atoms. The Balaban J connectivity index is 2.00. The van der Waals surface area contributed by atoms with E-state index in [1.54, 1.807) is 24.3 Å². The van der Waals surface area contributed by atoms with Crippen molar-refractivity contribution in [1.29, 1.82) is 0 Å². The Labute approximate surface area is 137 Å². The van der Waals surface area contributed by atoms with Crippen LogP contribution in [0.25, 0.3) is 0 Å². The molecule has 0 saturated carbocycles. The van der Waals surface area contributed by atoms with E-state index in [0.717, 1.165) is 22.6 Å². The summed E-state index contributed by atoms with van der Waals surface area (Å²) >= 11 is 0.788. The maximum atomic E-state index is 12.1. The summed E-state index contributed by atoms with van der Waals surface area (Å²) in [5.74, 6) is 0.385. The molecule has 2 rings (SSSR count). The van der Waals surface area contributed by atoms with Crippen LogP contribution in [0.5, 0.6) is 5.75 Å². The van der Waals surface area contributed by atoms with Crippen molar-refractivity contribution in [3.8, 4) is 5.75 Å². The molecular formula is C13H16N4O4S2. The molecule has 1 heterocycles. The Kier molecular flexibility index (Phi) is 5.64. The molecule has 2 aromatic rings. The van der Waals surface area contributed by atoms with Gasteiger partial charge in [0.25, 0.3) is 10.0 Å². The zero-order valence-electron chi connectivity index (χ0n) is 12.6. The second-order valence-electron chi connectivity index (χ2n) is 4.46. The summed E-state index contributed by atoms with van der Waals surface area (Å²) < 4.78 is 31.8. The van der Waals surface area contributed by atoms with E-state index >= 15 is 0 Å². The van der Waals surface area contributed by atoms with Gasteiger partial charge in [0.05, 0.1) is 6.61 Å². The Morgan fingerprint density at radius 2 is 1.96 bits per heavy atom. The molecule has 0 fully saturated rings. The molecule has 1 amide bonds. The van der Waals surface area contributed by atoms with E-state index in [1.807, 2.05) is 6.92 Å². The molecule has 10 heteroatoms. The van der Waals surface area contributed by atoms with Crippen LogP contribution in [0.4, 0.5) is 5.13 Å².